The van der Waals surface area contributed by atoms with Crippen molar-refractivity contribution in [3.05, 3.63) is 46.2 Å². The fourth-order valence-electron chi connectivity index (χ4n) is 2.25. The number of aliphatic hydroxyl groups is 1. The Morgan fingerprint density at radius 3 is 2.64 bits per heavy atom. The molecule has 0 radical (unpaired) electrons. The molecule has 1 atom stereocenters. The molecule has 0 aliphatic carbocycles. The Bertz CT molecular complexity index is 607. The number of aliphatic imine (C=N–C) groups is 1. The van der Waals surface area contributed by atoms with Crippen LogP contribution in [0.5, 0.6) is 5.75 Å². The highest BCUT2D eigenvalue weighted by Crippen LogP contribution is 2.24. The number of phenols is 1. The summed E-state index contributed by atoms with van der Waals surface area (Å²) in [7, 11) is 0. The van der Waals surface area contributed by atoms with Crippen LogP contribution in [0.1, 0.15) is 31.1 Å². The Kier molecular flexibility index (Phi) is 5.98. The van der Waals surface area contributed by atoms with Crippen LogP contribution in [0.3, 0.4) is 0 Å². The molecule has 0 amide bonds. The molecule has 1 aromatic carbocycles. The van der Waals surface area contributed by atoms with Crippen molar-refractivity contribution in [3.8, 4) is 5.75 Å². The van der Waals surface area contributed by atoms with E-state index in [2.05, 4.69) is 23.7 Å². The van der Waals surface area contributed by atoms with E-state index in [-0.39, 0.29) is 12.3 Å². The SMILES string of the molecule is CCN(CC)c1ccc(C=NCC(O)c2ccsc2)c(O)c1. The summed E-state index contributed by atoms with van der Waals surface area (Å²) in [4.78, 5) is 6.40. The van der Waals surface area contributed by atoms with Crippen molar-refractivity contribution < 1.29 is 10.2 Å². The third-order valence-electron chi connectivity index (χ3n) is 3.58. The molecular formula is C17H22N2O2S. The predicted molar refractivity (Wildman–Crippen MR) is 93.4 cm³/mol. The van der Waals surface area contributed by atoms with Crippen LogP contribution in [-0.2, 0) is 0 Å². The number of nitrogens with zero attached hydrogens (tertiary/aromatic N) is 2. The van der Waals surface area contributed by atoms with Gasteiger partial charge in [-0.05, 0) is 48.4 Å². The van der Waals surface area contributed by atoms with Crippen molar-refractivity contribution in [2.24, 2.45) is 4.99 Å². The van der Waals surface area contributed by atoms with E-state index in [9.17, 15) is 10.2 Å². The smallest absolute Gasteiger partial charge is 0.126 e. The topological polar surface area (TPSA) is 56.1 Å². The second-order valence-corrected chi connectivity index (χ2v) is 5.76. The van der Waals surface area contributed by atoms with E-state index in [4.69, 9.17) is 0 Å². The van der Waals surface area contributed by atoms with Crippen LogP contribution in [0.25, 0.3) is 0 Å². The Morgan fingerprint density at radius 2 is 2.05 bits per heavy atom. The summed E-state index contributed by atoms with van der Waals surface area (Å²) in [6.07, 6.45) is 1.01. The zero-order valence-electron chi connectivity index (χ0n) is 12.9. The van der Waals surface area contributed by atoms with Gasteiger partial charge in [-0.2, -0.15) is 11.3 Å². The Morgan fingerprint density at radius 1 is 1.27 bits per heavy atom. The second kappa shape index (κ2) is 7.96. The highest BCUT2D eigenvalue weighted by Gasteiger charge is 2.07. The summed E-state index contributed by atoms with van der Waals surface area (Å²) in [5.74, 6) is 0.207. The van der Waals surface area contributed by atoms with Gasteiger partial charge in [0.15, 0.2) is 0 Å². The number of hydrogen-bond donors (Lipinski definition) is 2. The van der Waals surface area contributed by atoms with Crippen LogP contribution < -0.4 is 4.90 Å². The molecule has 0 fully saturated rings. The van der Waals surface area contributed by atoms with Crippen LogP contribution in [0.4, 0.5) is 5.69 Å². The first-order valence-corrected chi connectivity index (χ1v) is 8.38. The van der Waals surface area contributed by atoms with Crippen molar-refractivity contribution >= 4 is 23.2 Å². The molecule has 22 heavy (non-hydrogen) atoms. The van der Waals surface area contributed by atoms with Gasteiger partial charge in [0.25, 0.3) is 0 Å². The van der Waals surface area contributed by atoms with Gasteiger partial charge in [-0.15, -0.1) is 0 Å². The number of hydrogen-bond acceptors (Lipinski definition) is 5. The molecule has 0 saturated heterocycles. The minimum atomic E-state index is -0.598. The molecule has 0 aliphatic heterocycles. The molecule has 5 heteroatoms. The summed E-state index contributed by atoms with van der Waals surface area (Å²) in [6.45, 7) is 6.25. The normalized spacial score (nSPS) is 12.7. The van der Waals surface area contributed by atoms with Gasteiger partial charge in [0.2, 0.25) is 0 Å². The van der Waals surface area contributed by atoms with Crippen LogP contribution >= 0.6 is 11.3 Å². The molecule has 2 rings (SSSR count). The Hall–Kier alpha value is -1.85. The van der Waals surface area contributed by atoms with Gasteiger partial charge < -0.3 is 15.1 Å². The molecule has 2 N–H and O–H groups in total. The molecule has 2 aromatic rings. The molecule has 0 aliphatic rings. The standard InChI is InChI=1S/C17H22N2O2S/c1-3-19(4-2)15-6-5-13(16(20)9-15)10-18-11-17(21)14-7-8-22-12-14/h5-10,12,17,20-21H,3-4,11H2,1-2H3. The van der Waals surface area contributed by atoms with Gasteiger partial charge in [0, 0.05) is 36.6 Å². The maximum Gasteiger partial charge on any atom is 0.126 e. The number of aromatic hydroxyl groups is 1. The average Bonchev–Trinajstić information content (AvgIpc) is 3.05. The van der Waals surface area contributed by atoms with E-state index in [0.29, 0.717) is 5.56 Å². The Balaban J connectivity index is 2.02. The van der Waals surface area contributed by atoms with Crippen molar-refractivity contribution in [1.82, 2.24) is 0 Å². The summed E-state index contributed by atoms with van der Waals surface area (Å²) in [5.41, 5.74) is 2.54. The lowest BCUT2D eigenvalue weighted by molar-refractivity contribution is 0.188. The molecule has 0 saturated carbocycles. The predicted octanol–water partition coefficient (Wildman–Crippen LogP) is 3.45. The number of rotatable bonds is 7. The first-order chi connectivity index (χ1) is 10.7. The van der Waals surface area contributed by atoms with E-state index < -0.39 is 6.10 Å². The van der Waals surface area contributed by atoms with E-state index in [0.717, 1.165) is 24.3 Å². The zero-order valence-corrected chi connectivity index (χ0v) is 13.8. The quantitative estimate of drug-likeness (QED) is 0.769. The van der Waals surface area contributed by atoms with Crippen molar-refractivity contribution in [1.29, 1.82) is 0 Å². The minimum absolute atomic E-state index is 0.207. The van der Waals surface area contributed by atoms with E-state index in [1.807, 2.05) is 29.0 Å². The van der Waals surface area contributed by atoms with Crippen molar-refractivity contribution in [3.63, 3.8) is 0 Å². The lowest BCUT2D eigenvalue weighted by atomic mass is 10.1. The highest BCUT2D eigenvalue weighted by molar-refractivity contribution is 7.07. The largest absolute Gasteiger partial charge is 0.507 e. The van der Waals surface area contributed by atoms with Gasteiger partial charge in [0.1, 0.15) is 5.75 Å². The molecule has 1 aromatic heterocycles. The average molecular weight is 318 g/mol. The van der Waals surface area contributed by atoms with Crippen LogP contribution in [0.15, 0.2) is 40.0 Å². The van der Waals surface area contributed by atoms with Crippen molar-refractivity contribution in [2.45, 2.75) is 20.0 Å². The number of phenolic OH excluding ortho intramolecular Hbond substituents is 1. The van der Waals surface area contributed by atoms with Gasteiger partial charge >= 0.3 is 0 Å². The second-order valence-electron chi connectivity index (χ2n) is 4.98. The van der Waals surface area contributed by atoms with Crippen molar-refractivity contribution in [2.75, 3.05) is 24.5 Å². The fraction of sp³-hybridized carbons (Fsp3) is 0.353. The summed E-state index contributed by atoms with van der Waals surface area (Å²) in [5, 5.41) is 23.9. The first-order valence-electron chi connectivity index (χ1n) is 7.43. The third-order valence-corrected chi connectivity index (χ3v) is 4.28. The highest BCUT2D eigenvalue weighted by atomic mass is 32.1. The van der Waals surface area contributed by atoms with Crippen LogP contribution in [-0.4, -0.2) is 36.1 Å². The summed E-state index contributed by atoms with van der Waals surface area (Å²) >= 11 is 1.55. The Labute approximate surface area is 135 Å². The zero-order chi connectivity index (χ0) is 15.9. The number of anilines is 1. The molecule has 1 heterocycles. The van der Waals surface area contributed by atoms with E-state index in [1.54, 1.807) is 23.6 Å². The number of thiophene rings is 1. The fourth-order valence-corrected chi connectivity index (χ4v) is 2.95. The molecule has 0 bridgehead atoms. The van der Waals surface area contributed by atoms with Gasteiger partial charge in [-0.1, -0.05) is 0 Å². The summed E-state index contributed by atoms with van der Waals surface area (Å²) in [6, 6.07) is 7.47. The molecule has 118 valence electrons. The van der Waals surface area contributed by atoms with Gasteiger partial charge in [-0.3, -0.25) is 4.99 Å². The van der Waals surface area contributed by atoms with Crippen LogP contribution in [0, 0.1) is 0 Å². The van der Waals surface area contributed by atoms with Crippen LogP contribution in [0.2, 0.25) is 0 Å². The molecule has 4 nitrogen and oxygen atoms in total. The summed E-state index contributed by atoms with van der Waals surface area (Å²) < 4.78 is 0. The third kappa shape index (κ3) is 4.08. The minimum Gasteiger partial charge on any atom is -0.507 e. The maximum atomic E-state index is 10.1. The molecule has 0 spiro atoms. The van der Waals surface area contributed by atoms with Gasteiger partial charge in [0.05, 0.1) is 12.6 Å². The monoisotopic (exact) mass is 318 g/mol. The molecular weight excluding hydrogens is 296 g/mol. The van der Waals surface area contributed by atoms with E-state index in [1.165, 1.54) is 0 Å². The molecule has 1 unspecified atom stereocenters. The lowest BCUT2D eigenvalue weighted by Crippen LogP contribution is -2.21. The number of aliphatic hydroxyl groups excluding tert-OH is 1. The maximum absolute atomic E-state index is 10.1. The first kappa shape index (κ1) is 16.5. The van der Waals surface area contributed by atoms with E-state index >= 15 is 0 Å². The number of benzene rings is 1. The van der Waals surface area contributed by atoms with Gasteiger partial charge in [-0.25, -0.2) is 0 Å². The lowest BCUT2D eigenvalue weighted by Gasteiger charge is -2.21.